The molecule has 1 aromatic rings. The Morgan fingerprint density at radius 3 is 2.11 bits per heavy atom. The van der Waals surface area contributed by atoms with E-state index in [4.69, 9.17) is 0 Å². The SMILES string of the molecule is CCCCCCCCCCCC=CCCCCCC(CC(=O)NC1=NN(c2ccccc2)C(=O)C1)C(=O)O. The third kappa shape index (κ3) is 13.0. The summed E-state index contributed by atoms with van der Waals surface area (Å²) in [6.07, 6.45) is 21.9. The molecule has 2 rings (SSSR count). The molecular weight excluding hydrogens is 478 g/mol. The Kier molecular flexibility index (Phi) is 15.8. The van der Waals surface area contributed by atoms with Crippen LogP contribution in [0.1, 0.15) is 116 Å². The number of benzene rings is 1. The van der Waals surface area contributed by atoms with E-state index in [1.54, 1.807) is 24.3 Å². The molecular formula is C31H47N3O4. The van der Waals surface area contributed by atoms with Gasteiger partial charge < -0.3 is 10.4 Å². The van der Waals surface area contributed by atoms with Crippen molar-refractivity contribution in [3.05, 3.63) is 42.5 Å². The van der Waals surface area contributed by atoms with E-state index < -0.39 is 17.8 Å². The quantitative estimate of drug-likeness (QED) is 0.137. The van der Waals surface area contributed by atoms with Crippen molar-refractivity contribution in [2.24, 2.45) is 11.0 Å². The number of hydrogen-bond donors (Lipinski definition) is 2. The summed E-state index contributed by atoms with van der Waals surface area (Å²) in [5.41, 5.74) is 0.628. The van der Waals surface area contributed by atoms with E-state index in [1.807, 2.05) is 6.07 Å². The zero-order valence-corrected chi connectivity index (χ0v) is 23.2. The Morgan fingerprint density at radius 2 is 1.50 bits per heavy atom. The number of anilines is 1. The largest absolute Gasteiger partial charge is 0.481 e. The zero-order valence-electron chi connectivity index (χ0n) is 23.2. The number of amidine groups is 1. The second kappa shape index (κ2) is 19.2. The number of hydrogen-bond acceptors (Lipinski definition) is 4. The third-order valence-corrected chi connectivity index (χ3v) is 6.91. The molecule has 2 amide bonds. The average Bonchev–Trinajstić information content (AvgIpc) is 3.27. The standard InChI is InChI=1S/C31H47N3O4/c1-2-3-4-5-6-7-8-9-10-11-12-13-14-15-16-18-21-26(31(37)38)24-29(35)32-28-25-30(36)34(33-28)27-22-19-17-20-23-27/h12-13,17,19-20,22-23,26H,2-11,14-16,18,21,24-25H2,1H3,(H,37,38)(H,32,33,35). The first-order valence-corrected chi connectivity index (χ1v) is 14.6. The molecule has 7 heteroatoms. The highest BCUT2D eigenvalue weighted by Gasteiger charge is 2.28. The van der Waals surface area contributed by atoms with E-state index in [0.29, 0.717) is 12.1 Å². The lowest BCUT2D eigenvalue weighted by Crippen LogP contribution is -2.32. The predicted octanol–water partition coefficient (Wildman–Crippen LogP) is 7.37. The Bertz CT molecular complexity index is 898. The van der Waals surface area contributed by atoms with Crippen molar-refractivity contribution in [1.29, 1.82) is 0 Å². The van der Waals surface area contributed by atoms with Crippen LogP contribution in [0.4, 0.5) is 5.69 Å². The number of unbranched alkanes of at least 4 members (excludes halogenated alkanes) is 12. The summed E-state index contributed by atoms with van der Waals surface area (Å²) < 4.78 is 0. The van der Waals surface area contributed by atoms with Gasteiger partial charge in [-0.1, -0.05) is 101 Å². The van der Waals surface area contributed by atoms with Gasteiger partial charge in [-0.05, 0) is 44.2 Å². The molecule has 0 spiro atoms. The number of carboxylic acid groups (broad SMARTS) is 1. The Balaban J connectivity index is 1.54. The number of carbonyl (C=O) groups is 3. The first-order valence-electron chi connectivity index (χ1n) is 14.6. The van der Waals surface area contributed by atoms with Gasteiger partial charge in [-0.2, -0.15) is 10.1 Å². The van der Waals surface area contributed by atoms with E-state index in [1.165, 1.54) is 62.8 Å². The summed E-state index contributed by atoms with van der Waals surface area (Å²) in [5.74, 6) is -2.10. The van der Waals surface area contributed by atoms with Crippen LogP contribution in [0.5, 0.6) is 0 Å². The van der Waals surface area contributed by atoms with Gasteiger partial charge in [0.05, 0.1) is 18.0 Å². The normalized spacial score (nSPS) is 14.2. The second-order valence-electron chi connectivity index (χ2n) is 10.3. The van der Waals surface area contributed by atoms with Gasteiger partial charge in [0, 0.05) is 6.42 Å². The highest BCUT2D eigenvalue weighted by molar-refractivity contribution is 6.15. The lowest BCUT2D eigenvalue weighted by molar-refractivity contribution is -0.144. The summed E-state index contributed by atoms with van der Waals surface area (Å²) in [5, 5.41) is 17.6. The fourth-order valence-corrected chi connectivity index (χ4v) is 4.66. The number of carbonyl (C=O) groups excluding carboxylic acids is 2. The van der Waals surface area contributed by atoms with Gasteiger partial charge in [-0.3, -0.25) is 14.4 Å². The fourth-order valence-electron chi connectivity index (χ4n) is 4.66. The maximum atomic E-state index is 12.4. The van der Waals surface area contributed by atoms with E-state index in [-0.39, 0.29) is 24.6 Å². The minimum absolute atomic E-state index is 0.00891. The molecule has 0 fully saturated rings. The number of nitrogens with one attached hydrogen (secondary N) is 1. The Morgan fingerprint density at radius 1 is 0.921 bits per heavy atom. The minimum atomic E-state index is -0.962. The van der Waals surface area contributed by atoms with E-state index in [9.17, 15) is 19.5 Å². The van der Waals surface area contributed by atoms with Crippen LogP contribution >= 0.6 is 0 Å². The Hall–Kier alpha value is -2.96. The first kappa shape index (κ1) is 31.3. The first-order chi connectivity index (χ1) is 18.5. The van der Waals surface area contributed by atoms with Gasteiger partial charge in [-0.25, -0.2) is 0 Å². The van der Waals surface area contributed by atoms with Crippen molar-refractivity contribution >= 4 is 29.3 Å². The van der Waals surface area contributed by atoms with Crippen LogP contribution in [0.25, 0.3) is 0 Å². The van der Waals surface area contributed by atoms with Crippen LogP contribution in [0.3, 0.4) is 0 Å². The van der Waals surface area contributed by atoms with Crippen LogP contribution < -0.4 is 10.3 Å². The van der Waals surface area contributed by atoms with E-state index in [2.05, 4.69) is 29.5 Å². The number of nitrogens with zero attached hydrogens (tertiary/aromatic N) is 2. The molecule has 0 saturated carbocycles. The lowest BCUT2D eigenvalue weighted by Gasteiger charge is -2.12. The molecule has 1 aromatic carbocycles. The number of amides is 2. The topological polar surface area (TPSA) is 99.1 Å². The van der Waals surface area contributed by atoms with Crippen LogP contribution in [-0.2, 0) is 14.4 Å². The number of allylic oxidation sites excluding steroid dienone is 2. The van der Waals surface area contributed by atoms with Crippen LogP contribution in [0.2, 0.25) is 0 Å². The van der Waals surface area contributed by atoms with Crippen LogP contribution in [0, 0.1) is 5.92 Å². The highest BCUT2D eigenvalue weighted by Crippen LogP contribution is 2.20. The second-order valence-corrected chi connectivity index (χ2v) is 10.3. The summed E-state index contributed by atoms with van der Waals surface area (Å²) in [6, 6.07) is 8.99. The molecule has 0 aromatic heterocycles. The van der Waals surface area contributed by atoms with Gasteiger partial charge in [0.1, 0.15) is 5.84 Å². The summed E-state index contributed by atoms with van der Waals surface area (Å²) in [4.78, 5) is 36.3. The molecule has 38 heavy (non-hydrogen) atoms. The molecule has 0 bridgehead atoms. The third-order valence-electron chi connectivity index (χ3n) is 6.91. The molecule has 2 N–H and O–H groups in total. The molecule has 0 aliphatic carbocycles. The number of rotatable bonds is 20. The van der Waals surface area contributed by atoms with Gasteiger partial charge in [0.25, 0.3) is 5.91 Å². The monoisotopic (exact) mass is 525 g/mol. The molecule has 1 heterocycles. The fraction of sp³-hybridized carbons (Fsp3) is 0.613. The summed E-state index contributed by atoms with van der Waals surface area (Å²) >= 11 is 0. The average molecular weight is 526 g/mol. The highest BCUT2D eigenvalue weighted by atomic mass is 16.4. The minimum Gasteiger partial charge on any atom is -0.481 e. The molecule has 0 saturated heterocycles. The van der Waals surface area contributed by atoms with Gasteiger partial charge in [0.15, 0.2) is 0 Å². The zero-order chi connectivity index (χ0) is 27.4. The molecule has 1 unspecified atom stereocenters. The molecule has 0 radical (unpaired) electrons. The van der Waals surface area contributed by atoms with Crippen molar-refractivity contribution in [2.45, 2.75) is 116 Å². The van der Waals surface area contributed by atoms with Crippen LogP contribution in [-0.4, -0.2) is 28.7 Å². The Labute approximate surface area is 228 Å². The van der Waals surface area contributed by atoms with Gasteiger partial charge in [-0.15, -0.1) is 0 Å². The molecule has 210 valence electrons. The molecule has 7 nitrogen and oxygen atoms in total. The van der Waals surface area contributed by atoms with Gasteiger partial charge >= 0.3 is 5.97 Å². The summed E-state index contributed by atoms with van der Waals surface area (Å²) in [7, 11) is 0. The van der Waals surface area contributed by atoms with Crippen molar-refractivity contribution in [1.82, 2.24) is 5.32 Å². The van der Waals surface area contributed by atoms with Crippen molar-refractivity contribution in [3.8, 4) is 0 Å². The molecule has 1 atom stereocenters. The molecule has 1 aliphatic heterocycles. The van der Waals surface area contributed by atoms with Crippen molar-refractivity contribution in [3.63, 3.8) is 0 Å². The maximum absolute atomic E-state index is 12.4. The predicted molar refractivity (Wildman–Crippen MR) is 154 cm³/mol. The summed E-state index contributed by atoms with van der Waals surface area (Å²) in [6.45, 7) is 2.26. The van der Waals surface area contributed by atoms with Crippen LogP contribution in [0.15, 0.2) is 47.6 Å². The van der Waals surface area contributed by atoms with Gasteiger partial charge in [0.2, 0.25) is 5.91 Å². The maximum Gasteiger partial charge on any atom is 0.307 e. The lowest BCUT2D eigenvalue weighted by atomic mass is 9.97. The number of aliphatic carboxylic acids is 1. The number of hydrazone groups is 1. The van der Waals surface area contributed by atoms with E-state index in [0.717, 1.165) is 32.1 Å². The smallest absolute Gasteiger partial charge is 0.307 e. The number of para-hydroxylation sites is 1. The molecule has 1 aliphatic rings. The van der Waals surface area contributed by atoms with E-state index >= 15 is 0 Å². The van der Waals surface area contributed by atoms with Crippen molar-refractivity contribution < 1.29 is 19.5 Å². The van der Waals surface area contributed by atoms with Crippen molar-refractivity contribution in [2.75, 3.05) is 5.01 Å². The number of carboxylic acids is 1.